The maximum Gasteiger partial charge on any atom is 0.213 e. The molecule has 0 radical (unpaired) electrons. The van der Waals surface area contributed by atoms with E-state index in [2.05, 4.69) is 91.3 Å². The van der Waals surface area contributed by atoms with Crippen molar-refractivity contribution in [1.82, 2.24) is 0 Å². The van der Waals surface area contributed by atoms with Crippen molar-refractivity contribution >= 4 is 21.8 Å². The molecule has 0 saturated heterocycles. The summed E-state index contributed by atoms with van der Waals surface area (Å²) >= 11 is 0. The molecule has 0 N–H and O–H groups in total. The van der Waals surface area contributed by atoms with Gasteiger partial charge in [0, 0.05) is 17.7 Å². The van der Waals surface area contributed by atoms with Gasteiger partial charge in [0.05, 0.1) is 10.8 Å². The summed E-state index contributed by atoms with van der Waals surface area (Å²) in [6.45, 7) is 2.23. The van der Waals surface area contributed by atoms with Crippen LogP contribution in [0.2, 0.25) is 0 Å². The minimum absolute atomic E-state index is 0. The van der Waals surface area contributed by atoms with Crippen LogP contribution in [-0.4, -0.2) is 0 Å². The van der Waals surface area contributed by atoms with E-state index in [1.54, 1.807) is 0 Å². The van der Waals surface area contributed by atoms with Crippen LogP contribution in [0.1, 0.15) is 18.9 Å². The number of aryl methyl sites for hydroxylation is 2. The van der Waals surface area contributed by atoms with Crippen LogP contribution in [0.15, 0.2) is 72.8 Å². The Labute approximate surface area is 166 Å². The Morgan fingerprint density at radius 3 is 1.76 bits per heavy atom. The summed E-state index contributed by atoms with van der Waals surface area (Å²) < 4.78 is 2.29. The molecule has 0 aliphatic heterocycles. The van der Waals surface area contributed by atoms with Gasteiger partial charge in [-0.05, 0) is 29.7 Å². The number of hydrogen-bond acceptors (Lipinski definition) is 0. The second kappa shape index (κ2) is 7.52. The third-order valence-corrected chi connectivity index (χ3v) is 4.85. The lowest BCUT2D eigenvalue weighted by molar-refractivity contribution is -0.617. The van der Waals surface area contributed by atoms with Gasteiger partial charge in [-0.2, -0.15) is 4.57 Å². The molecule has 0 atom stereocenters. The molecule has 126 valence electrons. The lowest BCUT2D eigenvalue weighted by Gasteiger charge is -2.11. The number of rotatable bonds is 3. The molecule has 1 aromatic heterocycles. The van der Waals surface area contributed by atoms with E-state index in [-0.39, 0.29) is 24.0 Å². The molecule has 0 spiro atoms. The van der Waals surface area contributed by atoms with E-state index in [9.17, 15) is 0 Å². The molecule has 1 nitrogen and oxygen atoms in total. The largest absolute Gasteiger partial charge is 1.00 e. The molecule has 4 rings (SSSR count). The van der Waals surface area contributed by atoms with E-state index in [0.29, 0.717) is 0 Å². The minimum atomic E-state index is 0. The highest BCUT2D eigenvalue weighted by molar-refractivity contribution is 6.07. The first-order valence-electron chi connectivity index (χ1n) is 8.68. The van der Waals surface area contributed by atoms with Gasteiger partial charge in [-0.3, -0.25) is 0 Å². The van der Waals surface area contributed by atoms with Crippen LogP contribution >= 0.6 is 0 Å². The van der Waals surface area contributed by atoms with Crippen LogP contribution in [-0.2, 0) is 13.5 Å². The van der Waals surface area contributed by atoms with Gasteiger partial charge in [0.1, 0.15) is 7.05 Å². The van der Waals surface area contributed by atoms with Crippen molar-refractivity contribution in [2.75, 3.05) is 0 Å². The normalized spacial score (nSPS) is 10.8. The summed E-state index contributed by atoms with van der Waals surface area (Å²) in [5, 5.41) is 2.61. The average molecular weight is 439 g/mol. The summed E-state index contributed by atoms with van der Waals surface area (Å²) in [5.41, 5.74) is 6.58. The molecule has 0 bridgehead atoms. The third-order valence-electron chi connectivity index (χ3n) is 4.85. The zero-order valence-electron chi connectivity index (χ0n) is 14.7. The average Bonchev–Trinajstić information content (AvgIpc) is 2.64. The van der Waals surface area contributed by atoms with Gasteiger partial charge in [0.2, 0.25) is 11.0 Å². The van der Waals surface area contributed by atoms with Gasteiger partial charge in [-0.25, -0.2) is 0 Å². The van der Waals surface area contributed by atoms with Crippen molar-refractivity contribution in [3.05, 3.63) is 78.4 Å². The number of para-hydroxylation sites is 2. The zero-order chi connectivity index (χ0) is 16.5. The molecule has 3 aromatic carbocycles. The van der Waals surface area contributed by atoms with Gasteiger partial charge in [-0.1, -0.05) is 61.9 Å². The first kappa shape index (κ1) is 17.9. The first-order valence-corrected chi connectivity index (χ1v) is 8.68. The number of fused-ring (bicyclic) bond motifs is 2. The van der Waals surface area contributed by atoms with Gasteiger partial charge in [0.25, 0.3) is 0 Å². The van der Waals surface area contributed by atoms with Crippen molar-refractivity contribution in [3.63, 3.8) is 0 Å². The Balaban J connectivity index is 0.00000182. The Hall–Kier alpha value is -1.94. The van der Waals surface area contributed by atoms with Gasteiger partial charge < -0.3 is 24.0 Å². The van der Waals surface area contributed by atoms with Crippen LogP contribution < -0.4 is 28.5 Å². The van der Waals surface area contributed by atoms with Crippen molar-refractivity contribution in [2.24, 2.45) is 7.05 Å². The van der Waals surface area contributed by atoms with Crippen molar-refractivity contribution < 1.29 is 28.5 Å². The molecule has 0 aliphatic carbocycles. The second-order valence-electron chi connectivity index (χ2n) is 6.42. The van der Waals surface area contributed by atoms with Crippen LogP contribution in [0.4, 0.5) is 0 Å². The molecular formula is C23H22IN. The van der Waals surface area contributed by atoms with Crippen LogP contribution in [0.3, 0.4) is 0 Å². The van der Waals surface area contributed by atoms with Gasteiger partial charge in [-0.15, -0.1) is 0 Å². The smallest absolute Gasteiger partial charge is 0.213 e. The molecular weight excluding hydrogens is 417 g/mol. The SMILES string of the molecule is CCCc1ccc(-c2c3ccccc3[n+](C)c3ccccc23)cc1.[I-]. The highest BCUT2D eigenvalue weighted by Gasteiger charge is 2.18. The fourth-order valence-corrected chi connectivity index (χ4v) is 3.67. The number of halogens is 1. The quantitative estimate of drug-likeness (QED) is 0.262. The minimum Gasteiger partial charge on any atom is -1.00 e. The van der Waals surface area contributed by atoms with Gasteiger partial charge in [0.15, 0.2) is 0 Å². The van der Waals surface area contributed by atoms with E-state index in [1.807, 2.05) is 0 Å². The van der Waals surface area contributed by atoms with Crippen molar-refractivity contribution in [2.45, 2.75) is 19.8 Å². The molecule has 0 aliphatic rings. The summed E-state index contributed by atoms with van der Waals surface area (Å²) in [7, 11) is 2.15. The maximum absolute atomic E-state index is 2.29. The zero-order valence-corrected chi connectivity index (χ0v) is 16.8. The Kier molecular flexibility index (Phi) is 5.38. The molecule has 4 aromatic rings. The monoisotopic (exact) mass is 439 g/mol. The lowest BCUT2D eigenvalue weighted by atomic mass is 9.94. The summed E-state index contributed by atoms with van der Waals surface area (Å²) in [5.74, 6) is 0. The second-order valence-corrected chi connectivity index (χ2v) is 6.42. The highest BCUT2D eigenvalue weighted by Crippen LogP contribution is 2.33. The fraction of sp³-hybridized carbons (Fsp3) is 0.174. The lowest BCUT2D eigenvalue weighted by Crippen LogP contribution is -3.00. The third kappa shape index (κ3) is 3.15. The van der Waals surface area contributed by atoms with E-state index in [1.165, 1.54) is 44.9 Å². The number of aromatic nitrogens is 1. The summed E-state index contributed by atoms with van der Waals surface area (Å²) in [4.78, 5) is 0. The number of pyridine rings is 1. The van der Waals surface area contributed by atoms with E-state index in [0.717, 1.165) is 6.42 Å². The Morgan fingerprint density at radius 2 is 1.24 bits per heavy atom. The topological polar surface area (TPSA) is 3.88 Å². The van der Waals surface area contributed by atoms with Crippen molar-refractivity contribution in [3.8, 4) is 11.1 Å². The maximum atomic E-state index is 2.29. The molecule has 0 saturated carbocycles. The van der Waals surface area contributed by atoms with Gasteiger partial charge >= 0.3 is 0 Å². The van der Waals surface area contributed by atoms with Crippen LogP contribution in [0, 0.1) is 0 Å². The fourth-order valence-electron chi connectivity index (χ4n) is 3.67. The summed E-state index contributed by atoms with van der Waals surface area (Å²) in [6, 6.07) is 26.5. The van der Waals surface area contributed by atoms with E-state index in [4.69, 9.17) is 0 Å². The standard InChI is InChI=1S/C23H22N.HI/c1-3-8-17-13-15-18(16-14-17)23-19-9-4-6-11-21(19)24(2)22-12-7-5-10-20(22)23;/h4-7,9-16H,3,8H2,1-2H3;1H/q+1;/p-1. The van der Waals surface area contributed by atoms with Crippen LogP contribution in [0.5, 0.6) is 0 Å². The summed E-state index contributed by atoms with van der Waals surface area (Å²) in [6.07, 6.45) is 2.33. The Morgan fingerprint density at radius 1 is 0.720 bits per heavy atom. The predicted molar refractivity (Wildman–Crippen MR) is 102 cm³/mol. The molecule has 0 unspecified atom stereocenters. The number of nitrogens with zero attached hydrogens (tertiary/aromatic N) is 1. The number of benzene rings is 3. The predicted octanol–water partition coefficient (Wildman–Crippen LogP) is 2.44. The Bertz CT molecular complexity index is 962. The van der Waals surface area contributed by atoms with E-state index >= 15 is 0 Å². The molecule has 2 heteroatoms. The molecule has 25 heavy (non-hydrogen) atoms. The van der Waals surface area contributed by atoms with Crippen molar-refractivity contribution in [1.29, 1.82) is 0 Å². The van der Waals surface area contributed by atoms with E-state index < -0.39 is 0 Å². The number of hydrogen-bond donors (Lipinski definition) is 0. The molecule has 1 heterocycles. The molecule has 0 fully saturated rings. The first-order chi connectivity index (χ1) is 11.8. The van der Waals surface area contributed by atoms with Crippen LogP contribution in [0.25, 0.3) is 32.9 Å². The highest BCUT2D eigenvalue weighted by atomic mass is 127. The molecule has 0 amide bonds.